The predicted octanol–water partition coefficient (Wildman–Crippen LogP) is 10.3. The van der Waals surface area contributed by atoms with Gasteiger partial charge in [0.2, 0.25) is 0 Å². The number of aryl methyl sites for hydroxylation is 5. The smallest absolute Gasteiger partial charge is 0.139 e. The Balaban J connectivity index is 2.13. The quantitative estimate of drug-likeness (QED) is 0.216. The predicted molar refractivity (Wildman–Crippen MR) is 156 cm³/mol. The minimum atomic E-state index is 1.03. The van der Waals surface area contributed by atoms with Crippen LogP contribution in [0.4, 0.5) is 0 Å². The van der Waals surface area contributed by atoms with Gasteiger partial charge in [-0.15, -0.1) is 0 Å². The van der Waals surface area contributed by atoms with E-state index in [1.807, 2.05) is 0 Å². The summed E-state index contributed by atoms with van der Waals surface area (Å²) >= 11 is 0. The van der Waals surface area contributed by atoms with Crippen molar-refractivity contribution in [1.82, 2.24) is 0 Å². The molecule has 5 rings (SSSR count). The normalized spacial score (nSPS) is 12.2. The number of ether oxygens (including phenoxy) is 1. The van der Waals surface area contributed by atoms with Crippen LogP contribution in [0.25, 0.3) is 33.0 Å². The topological polar surface area (TPSA) is 9.23 Å². The molecule has 36 heavy (non-hydrogen) atoms. The molecule has 1 nitrogen and oxygen atoms in total. The highest BCUT2D eigenvalue weighted by atomic mass is 16.5. The van der Waals surface area contributed by atoms with Crippen LogP contribution in [0.2, 0.25) is 0 Å². The SMILES string of the molecule is Cc1cc2c(c(C)c1C)-c1c(C)c(C)c(C)c(C)c1Oc1c-2c(C)c2c(C)c(C)c(C)c(C)c2c1C. The first-order chi connectivity index (χ1) is 16.8. The summed E-state index contributed by atoms with van der Waals surface area (Å²) in [6, 6.07) is 2.42. The van der Waals surface area contributed by atoms with Crippen LogP contribution in [0.15, 0.2) is 6.07 Å². The Morgan fingerprint density at radius 3 is 1.39 bits per heavy atom. The summed E-state index contributed by atoms with van der Waals surface area (Å²) in [6.07, 6.45) is 0. The van der Waals surface area contributed by atoms with E-state index < -0.39 is 0 Å². The van der Waals surface area contributed by atoms with Crippen molar-refractivity contribution in [2.24, 2.45) is 0 Å². The molecule has 0 N–H and O–H groups in total. The van der Waals surface area contributed by atoms with Crippen molar-refractivity contribution in [3.63, 3.8) is 0 Å². The van der Waals surface area contributed by atoms with Crippen molar-refractivity contribution in [3.8, 4) is 33.8 Å². The first-order valence-electron chi connectivity index (χ1n) is 13.2. The van der Waals surface area contributed by atoms with Gasteiger partial charge in [-0.25, -0.2) is 0 Å². The summed E-state index contributed by atoms with van der Waals surface area (Å²) in [7, 11) is 0. The van der Waals surface area contributed by atoms with Crippen molar-refractivity contribution >= 4 is 10.8 Å². The summed E-state index contributed by atoms with van der Waals surface area (Å²) in [5.41, 5.74) is 22.6. The number of hydrogen-bond donors (Lipinski definition) is 0. The second-order valence-corrected chi connectivity index (χ2v) is 11.4. The van der Waals surface area contributed by atoms with Crippen LogP contribution in [0.5, 0.6) is 11.5 Å². The van der Waals surface area contributed by atoms with Crippen LogP contribution >= 0.6 is 0 Å². The molecule has 1 aliphatic heterocycles. The Morgan fingerprint density at radius 2 is 0.806 bits per heavy atom. The van der Waals surface area contributed by atoms with Gasteiger partial charge in [0.25, 0.3) is 0 Å². The Labute approximate surface area is 217 Å². The van der Waals surface area contributed by atoms with Gasteiger partial charge in [0, 0.05) is 16.7 Å². The van der Waals surface area contributed by atoms with Crippen molar-refractivity contribution < 1.29 is 4.74 Å². The summed E-state index contributed by atoms with van der Waals surface area (Å²) < 4.78 is 7.15. The van der Waals surface area contributed by atoms with Crippen molar-refractivity contribution in [2.45, 2.75) is 90.0 Å². The van der Waals surface area contributed by atoms with E-state index >= 15 is 0 Å². The second-order valence-electron chi connectivity index (χ2n) is 11.4. The van der Waals surface area contributed by atoms with E-state index in [1.54, 1.807) is 0 Å². The van der Waals surface area contributed by atoms with E-state index in [0.717, 1.165) is 11.5 Å². The van der Waals surface area contributed by atoms with Crippen LogP contribution in [0, 0.1) is 90.0 Å². The van der Waals surface area contributed by atoms with Crippen molar-refractivity contribution in [3.05, 3.63) is 78.4 Å². The fourth-order valence-electron chi connectivity index (χ4n) is 6.71. The third kappa shape index (κ3) is 2.95. The van der Waals surface area contributed by atoms with Crippen molar-refractivity contribution in [2.75, 3.05) is 0 Å². The number of hydrogen-bond acceptors (Lipinski definition) is 1. The molecular formula is C35H40O. The molecule has 0 unspecified atom stereocenters. The average Bonchev–Trinajstić information content (AvgIpc) is 2.99. The lowest BCUT2D eigenvalue weighted by Crippen LogP contribution is -2.02. The number of fused-ring (bicyclic) bond motifs is 6. The number of benzene rings is 4. The van der Waals surface area contributed by atoms with Gasteiger partial charge < -0.3 is 4.74 Å². The Morgan fingerprint density at radius 1 is 0.361 bits per heavy atom. The third-order valence-corrected chi connectivity index (χ3v) is 9.89. The first kappa shape index (κ1) is 24.6. The molecule has 0 saturated carbocycles. The largest absolute Gasteiger partial charge is 0.455 e. The van der Waals surface area contributed by atoms with E-state index in [9.17, 15) is 0 Å². The van der Waals surface area contributed by atoms with Gasteiger partial charge in [-0.05, 0) is 179 Å². The molecule has 0 bridgehead atoms. The van der Waals surface area contributed by atoms with Crippen LogP contribution in [0.1, 0.15) is 72.3 Å². The summed E-state index contributed by atoms with van der Waals surface area (Å²) in [5, 5.41) is 2.75. The summed E-state index contributed by atoms with van der Waals surface area (Å²) in [6.45, 7) is 29.5. The fourth-order valence-corrected chi connectivity index (χ4v) is 6.71. The molecule has 0 aromatic heterocycles. The average molecular weight is 477 g/mol. The first-order valence-corrected chi connectivity index (χ1v) is 13.2. The molecule has 186 valence electrons. The maximum atomic E-state index is 7.15. The molecule has 0 amide bonds. The highest BCUT2D eigenvalue weighted by Gasteiger charge is 2.32. The Hall–Kier alpha value is -3.06. The van der Waals surface area contributed by atoms with E-state index in [1.165, 1.54) is 105 Å². The lowest BCUT2D eigenvalue weighted by molar-refractivity contribution is 0.479. The molecule has 0 aliphatic carbocycles. The lowest BCUT2D eigenvalue weighted by atomic mass is 9.79. The molecule has 1 aliphatic rings. The van der Waals surface area contributed by atoms with E-state index in [0.29, 0.717) is 0 Å². The van der Waals surface area contributed by atoms with Crippen LogP contribution in [-0.4, -0.2) is 0 Å². The third-order valence-electron chi connectivity index (χ3n) is 9.89. The summed E-state index contributed by atoms with van der Waals surface area (Å²) in [5.74, 6) is 2.06. The highest BCUT2D eigenvalue weighted by Crippen LogP contribution is 2.56. The fraction of sp³-hybridized carbons (Fsp3) is 0.371. The second kappa shape index (κ2) is 7.97. The van der Waals surface area contributed by atoms with Gasteiger partial charge in [0.1, 0.15) is 11.5 Å². The van der Waals surface area contributed by atoms with Gasteiger partial charge in [0.05, 0.1) is 0 Å². The molecule has 0 spiro atoms. The highest BCUT2D eigenvalue weighted by molar-refractivity contribution is 6.06. The molecule has 4 aromatic rings. The molecule has 4 aromatic carbocycles. The molecule has 0 saturated heterocycles. The molecular weight excluding hydrogens is 436 g/mol. The maximum Gasteiger partial charge on any atom is 0.139 e. The van der Waals surface area contributed by atoms with E-state index in [4.69, 9.17) is 4.74 Å². The maximum absolute atomic E-state index is 7.15. The minimum Gasteiger partial charge on any atom is -0.455 e. The molecule has 1 heteroatoms. The van der Waals surface area contributed by atoms with Crippen LogP contribution in [-0.2, 0) is 0 Å². The zero-order valence-corrected chi connectivity index (χ0v) is 24.5. The van der Waals surface area contributed by atoms with Gasteiger partial charge in [0.15, 0.2) is 0 Å². The van der Waals surface area contributed by atoms with Gasteiger partial charge in [-0.3, -0.25) is 0 Å². The Kier molecular flexibility index (Phi) is 5.45. The lowest BCUT2D eigenvalue weighted by Gasteiger charge is -2.24. The standard InChI is InChI=1S/C35H40O/c1-15-14-28-31(21(7)16(15)2)33-24(10)19(5)20(6)25(11)34(33)36-35-27(13)30-23(9)18(4)17(3)22(8)29(30)26(12)32(28)35/h14H,1-13H3. The summed E-state index contributed by atoms with van der Waals surface area (Å²) in [4.78, 5) is 0. The van der Waals surface area contributed by atoms with Crippen LogP contribution in [0.3, 0.4) is 0 Å². The molecule has 1 heterocycles. The zero-order chi connectivity index (χ0) is 26.5. The number of rotatable bonds is 0. The minimum absolute atomic E-state index is 1.03. The van der Waals surface area contributed by atoms with Crippen LogP contribution < -0.4 is 4.74 Å². The molecule has 0 fully saturated rings. The molecule has 0 radical (unpaired) electrons. The zero-order valence-electron chi connectivity index (χ0n) is 24.5. The van der Waals surface area contributed by atoms with Gasteiger partial charge >= 0.3 is 0 Å². The Bertz CT molecular complexity index is 1660. The van der Waals surface area contributed by atoms with E-state index in [2.05, 4.69) is 96.1 Å². The van der Waals surface area contributed by atoms with E-state index in [-0.39, 0.29) is 0 Å². The molecule has 0 atom stereocenters. The van der Waals surface area contributed by atoms with Gasteiger partial charge in [-0.2, -0.15) is 0 Å². The van der Waals surface area contributed by atoms with Gasteiger partial charge in [-0.1, -0.05) is 6.07 Å². The van der Waals surface area contributed by atoms with Crippen molar-refractivity contribution in [1.29, 1.82) is 0 Å². The monoisotopic (exact) mass is 476 g/mol.